The summed E-state index contributed by atoms with van der Waals surface area (Å²) in [5.74, 6) is 0.948. The van der Waals surface area contributed by atoms with Crippen LogP contribution in [0.2, 0.25) is 5.02 Å². The Hall–Kier alpha value is -3.39. The zero-order chi connectivity index (χ0) is 23.5. The zero-order valence-corrected chi connectivity index (χ0v) is 19.4. The lowest BCUT2D eigenvalue weighted by Crippen LogP contribution is -2.49. The van der Waals surface area contributed by atoms with Gasteiger partial charge < -0.3 is 19.0 Å². The second-order valence-corrected chi connectivity index (χ2v) is 8.52. The van der Waals surface area contributed by atoms with Crippen molar-refractivity contribution in [2.24, 2.45) is 0 Å². The van der Waals surface area contributed by atoms with Gasteiger partial charge in [0.1, 0.15) is 17.9 Å². The highest BCUT2D eigenvalue weighted by Crippen LogP contribution is 2.32. The van der Waals surface area contributed by atoms with Crippen molar-refractivity contribution in [2.75, 3.05) is 37.7 Å². The second kappa shape index (κ2) is 9.62. The van der Waals surface area contributed by atoms with E-state index in [0.717, 1.165) is 5.57 Å². The molecule has 33 heavy (non-hydrogen) atoms. The standard InChI is InChI=1S/C24H25ClN4O4/c1-15(2)14-32-21-13-20-17(11-19(21)25)16(3)18(23(31)33-20)12-22(30)28-7-9-29(10-8-28)24-26-5-4-6-27-24/h4-6,11,13H,1,7-10,12,14H2,2-3H3. The molecular formula is C24H25ClN4O4. The molecule has 0 aliphatic carbocycles. The third kappa shape index (κ3) is 5.01. The molecule has 9 heteroatoms. The maximum atomic E-state index is 13.0. The maximum absolute atomic E-state index is 13.0. The minimum absolute atomic E-state index is 0.0303. The highest BCUT2D eigenvalue weighted by molar-refractivity contribution is 6.32. The van der Waals surface area contributed by atoms with E-state index < -0.39 is 5.63 Å². The first-order valence-electron chi connectivity index (χ1n) is 10.7. The van der Waals surface area contributed by atoms with E-state index in [0.29, 0.717) is 71.6 Å². The van der Waals surface area contributed by atoms with Crippen molar-refractivity contribution in [3.05, 3.63) is 69.3 Å². The largest absolute Gasteiger partial charge is 0.488 e. The Kier molecular flexibility index (Phi) is 6.65. The van der Waals surface area contributed by atoms with Gasteiger partial charge in [0, 0.05) is 50.0 Å². The number of hydrogen-bond acceptors (Lipinski definition) is 7. The van der Waals surface area contributed by atoms with E-state index >= 15 is 0 Å². The number of benzene rings is 1. The van der Waals surface area contributed by atoms with Crippen LogP contribution in [0.25, 0.3) is 11.0 Å². The summed E-state index contributed by atoms with van der Waals surface area (Å²) in [6, 6.07) is 5.07. The molecule has 0 unspecified atom stereocenters. The number of hydrogen-bond donors (Lipinski definition) is 0. The number of aryl methyl sites for hydroxylation is 1. The first kappa shape index (κ1) is 22.8. The smallest absolute Gasteiger partial charge is 0.340 e. The second-order valence-electron chi connectivity index (χ2n) is 8.11. The molecule has 8 nitrogen and oxygen atoms in total. The van der Waals surface area contributed by atoms with Crippen LogP contribution in [0.3, 0.4) is 0 Å². The topological polar surface area (TPSA) is 88.8 Å². The number of nitrogens with zero attached hydrogens (tertiary/aromatic N) is 4. The summed E-state index contributed by atoms with van der Waals surface area (Å²) in [4.78, 5) is 38.0. The third-order valence-corrected chi connectivity index (χ3v) is 5.90. The maximum Gasteiger partial charge on any atom is 0.340 e. The molecule has 1 saturated heterocycles. The summed E-state index contributed by atoms with van der Waals surface area (Å²) in [5, 5.41) is 1.08. The summed E-state index contributed by atoms with van der Waals surface area (Å²) in [6.45, 7) is 10.1. The molecule has 0 saturated carbocycles. The van der Waals surface area contributed by atoms with Crippen molar-refractivity contribution in [2.45, 2.75) is 20.3 Å². The highest BCUT2D eigenvalue weighted by atomic mass is 35.5. The van der Waals surface area contributed by atoms with Gasteiger partial charge >= 0.3 is 5.63 Å². The van der Waals surface area contributed by atoms with Crippen LogP contribution >= 0.6 is 11.6 Å². The molecular weight excluding hydrogens is 444 g/mol. The van der Waals surface area contributed by atoms with Gasteiger partial charge in [-0.15, -0.1) is 0 Å². The van der Waals surface area contributed by atoms with Gasteiger partial charge in [-0.1, -0.05) is 18.2 Å². The molecule has 0 atom stereocenters. The third-order valence-electron chi connectivity index (χ3n) is 5.61. The van der Waals surface area contributed by atoms with Gasteiger partial charge in [-0.25, -0.2) is 14.8 Å². The number of aromatic nitrogens is 2. The number of amides is 1. The quantitative estimate of drug-likeness (QED) is 0.404. The predicted molar refractivity (Wildman–Crippen MR) is 127 cm³/mol. The van der Waals surface area contributed by atoms with Crippen molar-refractivity contribution < 1.29 is 13.9 Å². The highest BCUT2D eigenvalue weighted by Gasteiger charge is 2.25. The van der Waals surface area contributed by atoms with Crippen LogP contribution in [0.4, 0.5) is 5.95 Å². The Labute approximate surface area is 196 Å². The van der Waals surface area contributed by atoms with Crippen LogP contribution in [0, 0.1) is 6.92 Å². The fourth-order valence-corrected chi connectivity index (χ4v) is 4.00. The Morgan fingerprint density at radius 3 is 2.58 bits per heavy atom. The summed E-state index contributed by atoms with van der Waals surface area (Å²) < 4.78 is 11.2. The van der Waals surface area contributed by atoms with Gasteiger partial charge in [-0.3, -0.25) is 4.79 Å². The Balaban J connectivity index is 1.50. The fourth-order valence-electron chi connectivity index (χ4n) is 3.78. The van der Waals surface area contributed by atoms with Crippen molar-refractivity contribution in [1.82, 2.24) is 14.9 Å². The average molecular weight is 469 g/mol. The lowest BCUT2D eigenvalue weighted by atomic mass is 10.0. The van der Waals surface area contributed by atoms with E-state index in [2.05, 4.69) is 16.5 Å². The minimum Gasteiger partial charge on any atom is -0.488 e. The van der Waals surface area contributed by atoms with E-state index in [1.807, 2.05) is 11.8 Å². The lowest BCUT2D eigenvalue weighted by molar-refractivity contribution is -0.130. The zero-order valence-electron chi connectivity index (χ0n) is 18.6. The number of piperazine rings is 1. The van der Waals surface area contributed by atoms with E-state index in [1.54, 1.807) is 42.4 Å². The van der Waals surface area contributed by atoms with E-state index in [4.69, 9.17) is 20.8 Å². The van der Waals surface area contributed by atoms with Gasteiger partial charge in [0.15, 0.2) is 0 Å². The molecule has 1 aliphatic heterocycles. The summed E-state index contributed by atoms with van der Waals surface area (Å²) in [6.07, 6.45) is 3.37. The first-order chi connectivity index (χ1) is 15.8. The number of fused-ring (bicyclic) bond motifs is 1. The molecule has 1 amide bonds. The van der Waals surface area contributed by atoms with Gasteiger partial charge in [0.25, 0.3) is 0 Å². The molecule has 4 rings (SSSR count). The number of carbonyl (C=O) groups excluding carboxylic acids is 1. The summed E-state index contributed by atoms with van der Waals surface area (Å²) in [7, 11) is 0. The lowest BCUT2D eigenvalue weighted by Gasteiger charge is -2.34. The van der Waals surface area contributed by atoms with Crippen molar-refractivity contribution >= 4 is 34.4 Å². The SMILES string of the molecule is C=C(C)COc1cc2oc(=O)c(CC(=O)N3CCN(c4ncccn4)CC3)c(C)c2cc1Cl. The summed E-state index contributed by atoms with van der Waals surface area (Å²) >= 11 is 6.38. The number of halogens is 1. The van der Waals surface area contributed by atoms with Crippen LogP contribution in [-0.4, -0.2) is 53.6 Å². The van der Waals surface area contributed by atoms with Crippen LogP contribution in [-0.2, 0) is 11.2 Å². The average Bonchev–Trinajstić information content (AvgIpc) is 2.81. The van der Waals surface area contributed by atoms with E-state index in [-0.39, 0.29) is 12.3 Å². The summed E-state index contributed by atoms with van der Waals surface area (Å²) in [5.41, 5.74) is 1.70. The normalized spacial score (nSPS) is 13.9. The van der Waals surface area contributed by atoms with Crippen LogP contribution in [0.1, 0.15) is 18.1 Å². The van der Waals surface area contributed by atoms with Gasteiger partial charge in [-0.05, 0) is 37.1 Å². The van der Waals surface area contributed by atoms with Gasteiger partial charge in [-0.2, -0.15) is 0 Å². The fraction of sp³-hybridized carbons (Fsp3) is 0.333. The molecule has 2 aromatic heterocycles. The minimum atomic E-state index is -0.530. The van der Waals surface area contributed by atoms with Crippen molar-refractivity contribution in [1.29, 1.82) is 0 Å². The predicted octanol–water partition coefficient (Wildman–Crippen LogP) is 3.39. The molecule has 1 aliphatic rings. The van der Waals surface area contributed by atoms with E-state index in [1.165, 1.54) is 0 Å². The molecule has 0 N–H and O–H groups in total. The monoisotopic (exact) mass is 468 g/mol. The Bertz CT molecular complexity index is 1250. The molecule has 1 fully saturated rings. The number of carbonyl (C=O) groups is 1. The van der Waals surface area contributed by atoms with Gasteiger partial charge in [0.2, 0.25) is 11.9 Å². The van der Waals surface area contributed by atoms with Crippen LogP contribution in [0.15, 0.2) is 52.0 Å². The number of rotatable bonds is 6. The Morgan fingerprint density at radius 1 is 1.21 bits per heavy atom. The molecule has 0 bridgehead atoms. The number of ether oxygens (including phenoxy) is 1. The van der Waals surface area contributed by atoms with Gasteiger partial charge in [0.05, 0.1) is 17.0 Å². The van der Waals surface area contributed by atoms with Crippen molar-refractivity contribution in [3.63, 3.8) is 0 Å². The molecule has 3 heterocycles. The molecule has 0 spiro atoms. The van der Waals surface area contributed by atoms with Crippen LogP contribution in [0.5, 0.6) is 5.75 Å². The van der Waals surface area contributed by atoms with Crippen molar-refractivity contribution in [3.8, 4) is 5.75 Å². The Morgan fingerprint density at radius 2 is 1.91 bits per heavy atom. The van der Waals surface area contributed by atoms with Crippen LogP contribution < -0.4 is 15.3 Å². The van der Waals surface area contributed by atoms with E-state index in [9.17, 15) is 9.59 Å². The number of anilines is 1. The molecule has 172 valence electrons. The molecule has 3 aromatic rings. The first-order valence-corrected chi connectivity index (χ1v) is 11.0. The molecule has 1 aromatic carbocycles. The molecule has 0 radical (unpaired) electrons.